The molecule has 0 spiro atoms. The highest BCUT2D eigenvalue weighted by Gasteiger charge is 2.05. The van der Waals surface area contributed by atoms with Crippen molar-refractivity contribution < 1.29 is 14.3 Å². The van der Waals surface area contributed by atoms with Crippen LogP contribution in [0.15, 0.2) is 54.6 Å². The number of methoxy groups -OCH3 is 1. The van der Waals surface area contributed by atoms with Gasteiger partial charge >= 0.3 is 5.97 Å². The highest BCUT2D eigenvalue weighted by atomic mass is 16.5. The van der Waals surface area contributed by atoms with E-state index in [4.69, 9.17) is 4.74 Å². The minimum Gasteiger partial charge on any atom is -0.489 e. The molecule has 22 heavy (non-hydrogen) atoms. The second-order valence-corrected chi connectivity index (χ2v) is 5.02. The third-order valence-corrected chi connectivity index (χ3v) is 3.40. The summed E-state index contributed by atoms with van der Waals surface area (Å²) in [6.45, 7) is 1.18. The monoisotopic (exact) mass is 299 g/mol. The van der Waals surface area contributed by atoms with E-state index in [1.807, 2.05) is 66.5 Å². The molecule has 0 atom stereocenters. The van der Waals surface area contributed by atoms with Crippen LogP contribution in [0.4, 0.5) is 5.69 Å². The Balaban J connectivity index is 1.85. The number of nitrogens with zero attached hydrogens (tertiary/aromatic N) is 1. The maximum atomic E-state index is 11.2. The molecule has 0 aliphatic heterocycles. The normalized spacial score (nSPS) is 10.1. The van der Waals surface area contributed by atoms with Crippen LogP contribution in [-0.4, -0.2) is 26.7 Å². The number of anilines is 1. The van der Waals surface area contributed by atoms with Gasteiger partial charge in [-0.15, -0.1) is 0 Å². The maximum absolute atomic E-state index is 11.2. The molecule has 0 amide bonds. The Bertz CT molecular complexity index is 581. The van der Waals surface area contributed by atoms with Gasteiger partial charge in [0, 0.05) is 19.3 Å². The van der Waals surface area contributed by atoms with Gasteiger partial charge in [0.05, 0.1) is 13.5 Å². The Hall–Kier alpha value is -2.49. The van der Waals surface area contributed by atoms with Gasteiger partial charge in [-0.05, 0) is 29.8 Å². The highest BCUT2D eigenvalue weighted by molar-refractivity contribution is 5.70. The Morgan fingerprint density at radius 2 is 1.73 bits per heavy atom. The number of ether oxygens (including phenoxy) is 2. The molecule has 116 valence electrons. The molecule has 0 aliphatic carbocycles. The largest absolute Gasteiger partial charge is 0.489 e. The first-order chi connectivity index (χ1) is 10.7. The summed E-state index contributed by atoms with van der Waals surface area (Å²) in [5.74, 6) is 0.628. The number of carbonyl (C=O) groups excluding carboxylic acids is 1. The third kappa shape index (κ3) is 4.81. The van der Waals surface area contributed by atoms with Crippen LogP contribution in [-0.2, 0) is 16.1 Å². The van der Waals surface area contributed by atoms with E-state index in [1.165, 1.54) is 7.11 Å². The second kappa shape index (κ2) is 8.08. The summed E-state index contributed by atoms with van der Waals surface area (Å²) in [5, 5.41) is 0. The zero-order valence-electron chi connectivity index (χ0n) is 13.0. The molecule has 0 aromatic heterocycles. The second-order valence-electron chi connectivity index (χ2n) is 5.02. The van der Waals surface area contributed by atoms with Crippen LogP contribution in [0.2, 0.25) is 0 Å². The number of hydrogen-bond acceptors (Lipinski definition) is 4. The molecule has 0 radical (unpaired) electrons. The molecular formula is C18H21NO3. The summed E-state index contributed by atoms with van der Waals surface area (Å²) in [4.78, 5) is 13.2. The first-order valence-electron chi connectivity index (χ1n) is 7.24. The van der Waals surface area contributed by atoms with Gasteiger partial charge in [0.25, 0.3) is 0 Å². The van der Waals surface area contributed by atoms with Crippen LogP contribution >= 0.6 is 0 Å². The van der Waals surface area contributed by atoms with Crippen molar-refractivity contribution in [1.29, 1.82) is 0 Å². The molecule has 0 unspecified atom stereocenters. The molecule has 0 saturated carbocycles. The van der Waals surface area contributed by atoms with E-state index in [-0.39, 0.29) is 5.97 Å². The summed E-state index contributed by atoms with van der Waals surface area (Å²) in [5.41, 5.74) is 2.18. The zero-order valence-corrected chi connectivity index (χ0v) is 13.0. The van der Waals surface area contributed by atoms with Gasteiger partial charge in [0.15, 0.2) is 0 Å². The predicted molar refractivity (Wildman–Crippen MR) is 87.1 cm³/mol. The molecule has 0 heterocycles. The number of hydrogen-bond donors (Lipinski definition) is 0. The molecule has 0 aliphatic rings. The van der Waals surface area contributed by atoms with E-state index >= 15 is 0 Å². The molecule has 2 rings (SSSR count). The number of esters is 1. The molecule has 4 nitrogen and oxygen atoms in total. The van der Waals surface area contributed by atoms with Gasteiger partial charge in [0.1, 0.15) is 12.4 Å². The van der Waals surface area contributed by atoms with E-state index < -0.39 is 0 Å². The molecule has 0 saturated heterocycles. The quantitative estimate of drug-likeness (QED) is 0.736. The summed E-state index contributed by atoms with van der Waals surface area (Å²) in [7, 11) is 3.35. The van der Waals surface area contributed by atoms with Crippen LogP contribution in [0.25, 0.3) is 0 Å². The van der Waals surface area contributed by atoms with Crippen molar-refractivity contribution in [2.75, 3.05) is 25.6 Å². The van der Waals surface area contributed by atoms with Crippen molar-refractivity contribution in [3.63, 3.8) is 0 Å². The van der Waals surface area contributed by atoms with Crippen molar-refractivity contribution in [3.8, 4) is 5.75 Å². The fraction of sp³-hybridized carbons (Fsp3) is 0.278. The first kappa shape index (κ1) is 15.9. The van der Waals surface area contributed by atoms with Crippen LogP contribution in [0.1, 0.15) is 12.0 Å². The minimum atomic E-state index is -0.199. The third-order valence-electron chi connectivity index (χ3n) is 3.40. The summed E-state index contributed by atoms with van der Waals surface area (Å²) in [6, 6.07) is 17.9. The van der Waals surface area contributed by atoms with Crippen LogP contribution < -0.4 is 9.64 Å². The Morgan fingerprint density at radius 3 is 2.36 bits per heavy atom. The predicted octanol–water partition coefficient (Wildman–Crippen LogP) is 3.26. The average molecular weight is 299 g/mol. The zero-order chi connectivity index (χ0) is 15.8. The molecular weight excluding hydrogens is 278 g/mol. The van der Waals surface area contributed by atoms with Crippen LogP contribution in [0.3, 0.4) is 0 Å². The molecule has 0 bridgehead atoms. The van der Waals surface area contributed by atoms with Crippen molar-refractivity contribution in [2.24, 2.45) is 0 Å². The highest BCUT2D eigenvalue weighted by Crippen LogP contribution is 2.19. The molecule has 2 aromatic carbocycles. The van der Waals surface area contributed by atoms with Crippen LogP contribution in [0.5, 0.6) is 5.75 Å². The summed E-state index contributed by atoms with van der Waals surface area (Å²) < 4.78 is 10.4. The van der Waals surface area contributed by atoms with E-state index in [2.05, 4.69) is 4.74 Å². The van der Waals surface area contributed by atoms with Crippen molar-refractivity contribution in [2.45, 2.75) is 13.0 Å². The fourth-order valence-electron chi connectivity index (χ4n) is 2.03. The summed E-state index contributed by atoms with van der Waals surface area (Å²) >= 11 is 0. The van der Waals surface area contributed by atoms with Crippen LogP contribution in [0, 0.1) is 0 Å². The Kier molecular flexibility index (Phi) is 5.83. The molecule has 0 fully saturated rings. The van der Waals surface area contributed by atoms with Gasteiger partial charge in [-0.2, -0.15) is 0 Å². The van der Waals surface area contributed by atoms with Gasteiger partial charge < -0.3 is 14.4 Å². The number of carbonyl (C=O) groups is 1. The van der Waals surface area contributed by atoms with E-state index in [0.29, 0.717) is 19.6 Å². The number of benzene rings is 2. The lowest BCUT2D eigenvalue weighted by Crippen LogP contribution is -2.21. The molecule has 4 heteroatoms. The summed E-state index contributed by atoms with van der Waals surface area (Å²) in [6.07, 6.45) is 0.374. The minimum absolute atomic E-state index is 0.199. The van der Waals surface area contributed by atoms with E-state index in [1.54, 1.807) is 0 Å². The van der Waals surface area contributed by atoms with Crippen molar-refractivity contribution in [1.82, 2.24) is 0 Å². The SMILES string of the molecule is COC(=O)CCN(C)c1ccc(OCc2ccccc2)cc1. The van der Waals surface area contributed by atoms with Gasteiger partial charge in [-0.25, -0.2) is 0 Å². The van der Waals surface area contributed by atoms with E-state index in [9.17, 15) is 4.79 Å². The van der Waals surface area contributed by atoms with Gasteiger partial charge in [-0.1, -0.05) is 30.3 Å². The van der Waals surface area contributed by atoms with Gasteiger partial charge in [-0.3, -0.25) is 4.79 Å². The average Bonchev–Trinajstić information content (AvgIpc) is 2.59. The topological polar surface area (TPSA) is 38.8 Å². The maximum Gasteiger partial charge on any atom is 0.307 e. The van der Waals surface area contributed by atoms with Crippen molar-refractivity contribution in [3.05, 3.63) is 60.2 Å². The lowest BCUT2D eigenvalue weighted by molar-refractivity contribution is -0.140. The molecule has 0 N–H and O–H groups in total. The first-order valence-corrected chi connectivity index (χ1v) is 7.24. The molecule has 2 aromatic rings. The van der Waals surface area contributed by atoms with Gasteiger partial charge in [0.2, 0.25) is 0 Å². The van der Waals surface area contributed by atoms with E-state index in [0.717, 1.165) is 17.0 Å². The number of rotatable bonds is 7. The Labute approximate surface area is 131 Å². The van der Waals surface area contributed by atoms with Crippen molar-refractivity contribution >= 4 is 11.7 Å². The smallest absolute Gasteiger partial charge is 0.307 e. The lowest BCUT2D eigenvalue weighted by atomic mass is 10.2. The fourth-order valence-corrected chi connectivity index (χ4v) is 2.03. The Morgan fingerprint density at radius 1 is 1.05 bits per heavy atom. The standard InChI is InChI=1S/C18H21NO3/c1-19(13-12-18(20)21-2)16-8-10-17(11-9-16)22-14-15-6-4-3-5-7-15/h3-11H,12-14H2,1-2H3. The lowest BCUT2D eigenvalue weighted by Gasteiger charge is -2.19.